The van der Waals surface area contributed by atoms with E-state index in [1.54, 1.807) is 6.26 Å². The first kappa shape index (κ1) is 9.32. The Balaban J connectivity index is 2.46. The Bertz CT molecular complexity index is 432. The summed E-state index contributed by atoms with van der Waals surface area (Å²) in [5.41, 5.74) is 2.70. The van der Waals surface area contributed by atoms with Crippen LogP contribution < -0.4 is 0 Å². The van der Waals surface area contributed by atoms with Crippen molar-refractivity contribution in [2.24, 2.45) is 5.41 Å². The molecule has 0 spiro atoms. The Morgan fingerprint density at radius 3 is 2.64 bits per heavy atom. The van der Waals surface area contributed by atoms with E-state index in [0.717, 1.165) is 12.0 Å². The van der Waals surface area contributed by atoms with Crippen LogP contribution in [-0.4, -0.2) is 0 Å². The molecule has 2 rings (SSSR count). The van der Waals surface area contributed by atoms with Gasteiger partial charge in [0, 0.05) is 5.39 Å². The van der Waals surface area contributed by atoms with E-state index < -0.39 is 0 Å². The van der Waals surface area contributed by atoms with Crippen LogP contribution in [0.3, 0.4) is 0 Å². The lowest BCUT2D eigenvalue weighted by molar-refractivity contribution is 0.412. The Morgan fingerprint density at radius 2 is 1.93 bits per heavy atom. The van der Waals surface area contributed by atoms with Crippen LogP contribution >= 0.6 is 0 Å². The first-order chi connectivity index (χ1) is 6.56. The van der Waals surface area contributed by atoms with Crippen molar-refractivity contribution in [2.75, 3.05) is 0 Å². The monoisotopic (exact) mass is 188 g/mol. The summed E-state index contributed by atoms with van der Waals surface area (Å²) in [6.07, 6.45) is 2.85. The summed E-state index contributed by atoms with van der Waals surface area (Å²) in [5, 5.41) is 1.25. The van der Waals surface area contributed by atoms with Crippen LogP contribution in [0, 0.1) is 5.41 Å². The molecule has 1 aromatic carbocycles. The van der Waals surface area contributed by atoms with Crippen LogP contribution in [-0.2, 0) is 6.42 Å². The highest BCUT2D eigenvalue weighted by atomic mass is 16.3. The molecular formula is C13H16O. The molecule has 0 saturated heterocycles. The zero-order chi connectivity index (χ0) is 10.2. The van der Waals surface area contributed by atoms with Gasteiger partial charge < -0.3 is 4.42 Å². The lowest BCUT2D eigenvalue weighted by atomic mass is 9.87. The van der Waals surface area contributed by atoms with Gasteiger partial charge in [-0.05, 0) is 29.5 Å². The molecule has 0 saturated carbocycles. The number of furan rings is 1. The summed E-state index contributed by atoms with van der Waals surface area (Å²) in [6.45, 7) is 6.77. The Labute approximate surface area is 84.7 Å². The number of hydrogen-bond donors (Lipinski definition) is 0. The number of benzene rings is 1. The molecule has 1 aromatic heterocycles. The average molecular weight is 188 g/mol. The quantitative estimate of drug-likeness (QED) is 0.658. The van der Waals surface area contributed by atoms with Gasteiger partial charge in [0.25, 0.3) is 0 Å². The topological polar surface area (TPSA) is 13.1 Å². The lowest BCUT2D eigenvalue weighted by Crippen LogP contribution is -2.09. The van der Waals surface area contributed by atoms with Gasteiger partial charge >= 0.3 is 0 Å². The molecule has 0 radical (unpaired) electrons. The Kier molecular flexibility index (Phi) is 2.10. The van der Waals surface area contributed by atoms with E-state index in [0.29, 0.717) is 5.41 Å². The first-order valence-corrected chi connectivity index (χ1v) is 5.01. The maximum atomic E-state index is 5.37. The molecule has 0 bridgehead atoms. The van der Waals surface area contributed by atoms with Gasteiger partial charge in [-0.1, -0.05) is 32.9 Å². The van der Waals surface area contributed by atoms with Crippen LogP contribution in [0.1, 0.15) is 26.3 Å². The van der Waals surface area contributed by atoms with Crippen LogP contribution in [0.15, 0.2) is 34.9 Å². The second-order valence-electron chi connectivity index (χ2n) is 4.99. The van der Waals surface area contributed by atoms with Gasteiger partial charge in [0.1, 0.15) is 5.58 Å². The molecule has 0 aliphatic carbocycles. The lowest BCUT2D eigenvalue weighted by Gasteiger charge is -2.18. The molecule has 1 heterocycles. The Morgan fingerprint density at radius 1 is 1.14 bits per heavy atom. The van der Waals surface area contributed by atoms with Crippen molar-refractivity contribution in [3.05, 3.63) is 36.1 Å². The van der Waals surface area contributed by atoms with E-state index in [9.17, 15) is 0 Å². The van der Waals surface area contributed by atoms with Gasteiger partial charge in [0.15, 0.2) is 0 Å². The van der Waals surface area contributed by atoms with Gasteiger partial charge in [-0.2, -0.15) is 0 Å². The maximum Gasteiger partial charge on any atom is 0.134 e. The molecule has 0 aliphatic rings. The van der Waals surface area contributed by atoms with E-state index in [2.05, 4.69) is 39.0 Å². The van der Waals surface area contributed by atoms with E-state index in [1.165, 1.54) is 10.9 Å². The average Bonchev–Trinajstić information content (AvgIpc) is 2.49. The molecule has 0 aliphatic heterocycles. The highest BCUT2D eigenvalue weighted by Crippen LogP contribution is 2.26. The predicted octanol–water partition coefficient (Wildman–Crippen LogP) is 4.02. The van der Waals surface area contributed by atoms with Crippen molar-refractivity contribution < 1.29 is 4.42 Å². The van der Waals surface area contributed by atoms with Crippen LogP contribution in [0.2, 0.25) is 0 Å². The molecule has 0 unspecified atom stereocenters. The molecule has 0 amide bonds. The van der Waals surface area contributed by atoms with Crippen LogP contribution in [0.5, 0.6) is 0 Å². The standard InChI is InChI=1S/C13H16O/c1-13(2,3)9-10-5-4-6-12-11(10)7-8-14-12/h4-8H,9H2,1-3H3. The van der Waals surface area contributed by atoms with Crippen molar-refractivity contribution in [2.45, 2.75) is 27.2 Å². The second kappa shape index (κ2) is 3.16. The van der Waals surface area contributed by atoms with Gasteiger partial charge in [-0.3, -0.25) is 0 Å². The highest BCUT2D eigenvalue weighted by molar-refractivity contribution is 5.80. The summed E-state index contributed by atoms with van der Waals surface area (Å²) in [5.74, 6) is 0. The van der Waals surface area contributed by atoms with E-state index >= 15 is 0 Å². The minimum atomic E-state index is 0.325. The van der Waals surface area contributed by atoms with Crippen LogP contribution in [0.25, 0.3) is 11.0 Å². The number of hydrogen-bond acceptors (Lipinski definition) is 1. The smallest absolute Gasteiger partial charge is 0.134 e. The maximum absolute atomic E-state index is 5.37. The van der Waals surface area contributed by atoms with Crippen LogP contribution in [0.4, 0.5) is 0 Å². The molecular weight excluding hydrogens is 172 g/mol. The molecule has 2 aromatic rings. The summed E-state index contributed by atoms with van der Waals surface area (Å²) in [4.78, 5) is 0. The fourth-order valence-electron chi connectivity index (χ4n) is 1.78. The number of rotatable bonds is 1. The molecule has 0 N–H and O–H groups in total. The normalized spacial score (nSPS) is 12.2. The molecule has 1 heteroatoms. The van der Waals surface area contributed by atoms with Gasteiger partial charge in [-0.25, -0.2) is 0 Å². The largest absolute Gasteiger partial charge is 0.464 e. The fraction of sp³-hybridized carbons (Fsp3) is 0.385. The fourth-order valence-corrected chi connectivity index (χ4v) is 1.78. The molecule has 1 nitrogen and oxygen atoms in total. The molecule has 0 fully saturated rings. The zero-order valence-electron chi connectivity index (χ0n) is 9.00. The minimum Gasteiger partial charge on any atom is -0.464 e. The first-order valence-electron chi connectivity index (χ1n) is 5.01. The summed E-state index contributed by atoms with van der Waals surface area (Å²) in [7, 11) is 0. The van der Waals surface area contributed by atoms with E-state index in [-0.39, 0.29) is 0 Å². The van der Waals surface area contributed by atoms with Crippen molar-refractivity contribution in [3.63, 3.8) is 0 Å². The second-order valence-corrected chi connectivity index (χ2v) is 4.99. The Hall–Kier alpha value is -1.24. The zero-order valence-corrected chi connectivity index (χ0v) is 9.00. The SMILES string of the molecule is CC(C)(C)Cc1cccc2occc12. The third-order valence-corrected chi connectivity index (χ3v) is 2.31. The van der Waals surface area contributed by atoms with Crippen molar-refractivity contribution >= 4 is 11.0 Å². The highest BCUT2D eigenvalue weighted by Gasteiger charge is 2.13. The number of fused-ring (bicyclic) bond motifs is 1. The van der Waals surface area contributed by atoms with Crippen molar-refractivity contribution in [1.29, 1.82) is 0 Å². The third kappa shape index (κ3) is 1.82. The minimum absolute atomic E-state index is 0.325. The van der Waals surface area contributed by atoms with E-state index in [4.69, 9.17) is 4.42 Å². The summed E-state index contributed by atoms with van der Waals surface area (Å²) in [6, 6.07) is 8.31. The third-order valence-electron chi connectivity index (χ3n) is 2.31. The van der Waals surface area contributed by atoms with E-state index in [1.807, 2.05) is 6.07 Å². The summed E-state index contributed by atoms with van der Waals surface area (Å²) >= 11 is 0. The van der Waals surface area contributed by atoms with Gasteiger partial charge in [0.2, 0.25) is 0 Å². The van der Waals surface area contributed by atoms with Crippen molar-refractivity contribution in [3.8, 4) is 0 Å². The molecule has 74 valence electrons. The molecule has 0 atom stereocenters. The molecule has 14 heavy (non-hydrogen) atoms. The van der Waals surface area contributed by atoms with Gasteiger partial charge in [0.05, 0.1) is 6.26 Å². The summed E-state index contributed by atoms with van der Waals surface area (Å²) < 4.78 is 5.37. The van der Waals surface area contributed by atoms with Crippen molar-refractivity contribution in [1.82, 2.24) is 0 Å². The van der Waals surface area contributed by atoms with Gasteiger partial charge in [-0.15, -0.1) is 0 Å². The predicted molar refractivity (Wildman–Crippen MR) is 59.4 cm³/mol.